The molecule has 98 valence electrons. The number of carbonyl (C=O) groups excluding carboxylic acids is 1. The molecule has 0 aliphatic heterocycles. The summed E-state index contributed by atoms with van der Waals surface area (Å²) in [5.41, 5.74) is 0.389. The van der Waals surface area contributed by atoms with Gasteiger partial charge in [0.05, 0.1) is 12.2 Å². The van der Waals surface area contributed by atoms with Gasteiger partial charge < -0.3 is 14.9 Å². The van der Waals surface area contributed by atoms with Crippen LogP contribution >= 0.6 is 0 Å². The number of hydrogen-bond donors (Lipinski definition) is 2. The van der Waals surface area contributed by atoms with Crippen LogP contribution in [0.3, 0.4) is 0 Å². The summed E-state index contributed by atoms with van der Waals surface area (Å²) >= 11 is 0. The fourth-order valence-corrected chi connectivity index (χ4v) is 2.25. The molecular weight excluding hydrogens is 220 g/mol. The first kappa shape index (κ1) is 14.2. The summed E-state index contributed by atoms with van der Waals surface area (Å²) in [4.78, 5) is 11.5. The van der Waals surface area contributed by atoms with E-state index < -0.39 is 12.2 Å². The molecule has 1 aliphatic rings. The van der Waals surface area contributed by atoms with Crippen LogP contribution in [0.15, 0.2) is 12.2 Å². The van der Waals surface area contributed by atoms with Crippen LogP contribution in [0.2, 0.25) is 0 Å². The van der Waals surface area contributed by atoms with E-state index in [1.54, 1.807) is 6.92 Å². The number of esters is 1. The quantitative estimate of drug-likeness (QED) is 0.578. The molecule has 0 radical (unpaired) electrons. The van der Waals surface area contributed by atoms with Crippen molar-refractivity contribution >= 4 is 5.97 Å². The zero-order valence-electron chi connectivity index (χ0n) is 10.6. The second-order valence-corrected chi connectivity index (χ2v) is 4.84. The van der Waals surface area contributed by atoms with Crippen LogP contribution in [0.5, 0.6) is 0 Å². The van der Waals surface area contributed by atoms with E-state index in [0.29, 0.717) is 24.8 Å². The zero-order valence-corrected chi connectivity index (χ0v) is 10.6. The maximum atomic E-state index is 11.5. The van der Waals surface area contributed by atoms with Gasteiger partial charge in [-0.25, -0.2) is 4.79 Å². The normalized spacial score (nSPS) is 30.7. The van der Waals surface area contributed by atoms with E-state index >= 15 is 0 Å². The second kappa shape index (κ2) is 6.17. The summed E-state index contributed by atoms with van der Waals surface area (Å²) in [6, 6.07) is 0. The third kappa shape index (κ3) is 3.82. The van der Waals surface area contributed by atoms with Gasteiger partial charge in [0.2, 0.25) is 0 Å². The minimum absolute atomic E-state index is 0.127. The molecule has 4 heteroatoms. The molecule has 1 aliphatic carbocycles. The first-order valence-electron chi connectivity index (χ1n) is 6.18. The average Bonchev–Trinajstić information content (AvgIpc) is 2.29. The van der Waals surface area contributed by atoms with Gasteiger partial charge >= 0.3 is 5.97 Å². The van der Waals surface area contributed by atoms with Gasteiger partial charge in [0.25, 0.3) is 0 Å². The lowest BCUT2D eigenvalue weighted by Gasteiger charge is -2.34. The van der Waals surface area contributed by atoms with Crippen molar-refractivity contribution in [3.63, 3.8) is 0 Å². The maximum absolute atomic E-state index is 11.5. The topological polar surface area (TPSA) is 66.8 Å². The minimum Gasteiger partial charge on any atom is -0.459 e. The number of aliphatic hydroxyl groups excluding tert-OH is 2. The molecule has 0 amide bonds. The molecule has 4 nitrogen and oxygen atoms in total. The highest BCUT2D eigenvalue weighted by Gasteiger charge is 2.33. The van der Waals surface area contributed by atoms with E-state index in [0.717, 1.165) is 6.42 Å². The van der Waals surface area contributed by atoms with Crippen LogP contribution in [0.1, 0.15) is 39.5 Å². The highest BCUT2D eigenvalue weighted by Crippen LogP contribution is 2.30. The summed E-state index contributed by atoms with van der Waals surface area (Å²) in [6.07, 6.45) is 1.01. The lowest BCUT2D eigenvalue weighted by Crippen LogP contribution is -2.39. The van der Waals surface area contributed by atoms with Crippen molar-refractivity contribution in [1.29, 1.82) is 0 Å². The van der Waals surface area contributed by atoms with Crippen molar-refractivity contribution in [3.8, 4) is 0 Å². The predicted octanol–water partition coefficient (Wildman–Crippen LogP) is 1.41. The van der Waals surface area contributed by atoms with Crippen molar-refractivity contribution < 1.29 is 19.7 Å². The third-order valence-corrected chi connectivity index (χ3v) is 3.36. The Morgan fingerprint density at radius 1 is 1.41 bits per heavy atom. The van der Waals surface area contributed by atoms with Crippen LogP contribution in [0.25, 0.3) is 0 Å². The number of ether oxygens (including phenoxy) is 1. The van der Waals surface area contributed by atoms with Gasteiger partial charge in [-0.05, 0) is 38.5 Å². The summed E-state index contributed by atoms with van der Waals surface area (Å²) in [7, 11) is 0. The second-order valence-electron chi connectivity index (χ2n) is 4.84. The standard InChI is InChI=1S/C13H22O4/c1-4-12(17-13(16)8(2)3)9-5-6-10(14)11(15)7-9/h9-12,14-15H,2,4-7H2,1,3H3. The minimum atomic E-state index is -0.702. The zero-order chi connectivity index (χ0) is 13.0. The first-order valence-corrected chi connectivity index (χ1v) is 6.18. The van der Waals surface area contributed by atoms with Crippen molar-refractivity contribution in [3.05, 3.63) is 12.2 Å². The first-order chi connectivity index (χ1) is 7.95. The van der Waals surface area contributed by atoms with Crippen molar-refractivity contribution in [2.45, 2.75) is 57.8 Å². The Balaban J connectivity index is 2.56. The maximum Gasteiger partial charge on any atom is 0.333 e. The highest BCUT2D eigenvalue weighted by atomic mass is 16.5. The number of rotatable bonds is 4. The Morgan fingerprint density at radius 3 is 2.53 bits per heavy atom. The van der Waals surface area contributed by atoms with Gasteiger partial charge in [-0.3, -0.25) is 0 Å². The van der Waals surface area contributed by atoms with E-state index in [1.165, 1.54) is 0 Å². The number of hydrogen-bond acceptors (Lipinski definition) is 4. The lowest BCUT2D eigenvalue weighted by molar-refractivity contribution is -0.150. The Bertz CT molecular complexity index is 287. The van der Waals surface area contributed by atoms with Gasteiger partial charge in [-0.2, -0.15) is 0 Å². The van der Waals surface area contributed by atoms with Crippen LogP contribution in [0, 0.1) is 5.92 Å². The average molecular weight is 242 g/mol. The molecule has 0 aromatic carbocycles. The largest absolute Gasteiger partial charge is 0.459 e. The number of aliphatic hydroxyl groups is 2. The van der Waals surface area contributed by atoms with Crippen LogP contribution in [-0.2, 0) is 9.53 Å². The van der Waals surface area contributed by atoms with E-state index in [2.05, 4.69) is 6.58 Å². The molecule has 0 heterocycles. The Labute approximate surface area is 102 Å². The molecule has 0 aromatic heterocycles. The molecule has 1 saturated carbocycles. The monoisotopic (exact) mass is 242 g/mol. The Hall–Kier alpha value is -0.870. The fourth-order valence-electron chi connectivity index (χ4n) is 2.25. The summed E-state index contributed by atoms with van der Waals surface area (Å²) in [6.45, 7) is 7.12. The van der Waals surface area contributed by atoms with Gasteiger partial charge in [0.15, 0.2) is 0 Å². The van der Waals surface area contributed by atoms with E-state index in [9.17, 15) is 15.0 Å². The Morgan fingerprint density at radius 2 is 2.06 bits per heavy atom. The SMILES string of the molecule is C=C(C)C(=O)OC(CC)C1CCC(O)C(O)C1. The molecule has 1 fully saturated rings. The molecule has 2 N–H and O–H groups in total. The molecule has 0 saturated heterocycles. The highest BCUT2D eigenvalue weighted by molar-refractivity contribution is 5.87. The Kier molecular flexibility index (Phi) is 5.15. The van der Waals surface area contributed by atoms with Crippen molar-refractivity contribution in [2.24, 2.45) is 5.92 Å². The molecular formula is C13H22O4. The molecule has 17 heavy (non-hydrogen) atoms. The lowest BCUT2D eigenvalue weighted by atomic mass is 9.81. The molecule has 0 aromatic rings. The van der Waals surface area contributed by atoms with E-state index in [1.807, 2.05) is 6.92 Å². The summed E-state index contributed by atoms with van der Waals surface area (Å²) in [5, 5.41) is 19.1. The van der Waals surface area contributed by atoms with Crippen LogP contribution in [0.4, 0.5) is 0 Å². The van der Waals surface area contributed by atoms with Gasteiger partial charge in [-0.15, -0.1) is 0 Å². The smallest absolute Gasteiger partial charge is 0.333 e. The molecule has 1 rings (SSSR count). The van der Waals surface area contributed by atoms with Gasteiger partial charge in [-0.1, -0.05) is 13.5 Å². The summed E-state index contributed by atoms with van der Waals surface area (Å²) in [5.74, 6) is -0.251. The van der Waals surface area contributed by atoms with Crippen LogP contribution < -0.4 is 0 Å². The van der Waals surface area contributed by atoms with Crippen molar-refractivity contribution in [1.82, 2.24) is 0 Å². The molecule has 4 unspecified atom stereocenters. The van der Waals surface area contributed by atoms with Gasteiger partial charge in [0, 0.05) is 5.57 Å². The van der Waals surface area contributed by atoms with Crippen molar-refractivity contribution in [2.75, 3.05) is 0 Å². The fraction of sp³-hybridized carbons (Fsp3) is 0.769. The predicted molar refractivity (Wildman–Crippen MR) is 64.3 cm³/mol. The van der Waals surface area contributed by atoms with Crippen LogP contribution in [-0.4, -0.2) is 34.5 Å². The van der Waals surface area contributed by atoms with E-state index in [4.69, 9.17) is 4.74 Å². The van der Waals surface area contributed by atoms with E-state index in [-0.39, 0.29) is 18.0 Å². The number of carbonyl (C=O) groups is 1. The molecule has 0 spiro atoms. The third-order valence-electron chi connectivity index (χ3n) is 3.36. The summed E-state index contributed by atoms with van der Waals surface area (Å²) < 4.78 is 5.35. The van der Waals surface area contributed by atoms with Gasteiger partial charge in [0.1, 0.15) is 6.10 Å². The molecule has 4 atom stereocenters. The molecule has 0 bridgehead atoms.